The number of amides is 3. The summed E-state index contributed by atoms with van der Waals surface area (Å²) in [5, 5.41) is 5.60. The Morgan fingerprint density at radius 3 is 2.64 bits per heavy atom. The van der Waals surface area contributed by atoms with E-state index < -0.39 is 0 Å². The first-order chi connectivity index (χ1) is 12.2. The molecule has 0 aliphatic carbocycles. The van der Waals surface area contributed by atoms with Gasteiger partial charge in [0.2, 0.25) is 5.91 Å². The Kier molecular flexibility index (Phi) is 5.18. The van der Waals surface area contributed by atoms with E-state index >= 15 is 0 Å². The summed E-state index contributed by atoms with van der Waals surface area (Å²) in [4.78, 5) is 26.0. The van der Waals surface area contributed by atoms with E-state index in [1.807, 2.05) is 42.5 Å². The average Bonchev–Trinajstić information content (AvgIpc) is 3.02. The highest BCUT2D eigenvalue weighted by Crippen LogP contribution is 2.25. The summed E-state index contributed by atoms with van der Waals surface area (Å²) in [6.07, 6.45) is 0.434. The second-order valence-electron chi connectivity index (χ2n) is 5.95. The molecule has 6 heteroatoms. The van der Waals surface area contributed by atoms with Crippen molar-refractivity contribution in [3.05, 3.63) is 54.6 Å². The standard InChI is InChI=1S/C19H21N3O3/c1-25-17-10-6-5-9-16(17)21-19(24)20-12-14-11-18(23)22(13-14)15-7-3-2-4-8-15/h2-10,14H,11-13H2,1H3,(H2,20,21,24)/t14-/m0/s1. The zero-order chi connectivity index (χ0) is 17.6. The highest BCUT2D eigenvalue weighted by Gasteiger charge is 2.30. The van der Waals surface area contributed by atoms with Gasteiger partial charge in [0.15, 0.2) is 0 Å². The Morgan fingerprint density at radius 2 is 1.88 bits per heavy atom. The molecule has 0 unspecified atom stereocenters. The predicted octanol–water partition coefficient (Wildman–Crippen LogP) is 2.87. The van der Waals surface area contributed by atoms with E-state index in [9.17, 15) is 9.59 Å². The third-order valence-electron chi connectivity index (χ3n) is 4.18. The van der Waals surface area contributed by atoms with Gasteiger partial charge in [-0.2, -0.15) is 0 Å². The van der Waals surface area contributed by atoms with Gasteiger partial charge < -0.3 is 20.3 Å². The lowest BCUT2D eigenvalue weighted by Crippen LogP contribution is -2.34. The number of rotatable bonds is 5. The maximum absolute atomic E-state index is 12.2. The summed E-state index contributed by atoms with van der Waals surface area (Å²) in [7, 11) is 1.56. The fraction of sp³-hybridized carbons (Fsp3) is 0.263. The summed E-state index contributed by atoms with van der Waals surface area (Å²) < 4.78 is 5.21. The highest BCUT2D eigenvalue weighted by atomic mass is 16.5. The maximum atomic E-state index is 12.2. The Bertz CT molecular complexity index is 749. The van der Waals surface area contributed by atoms with E-state index in [2.05, 4.69) is 10.6 Å². The zero-order valence-corrected chi connectivity index (χ0v) is 14.1. The molecule has 2 N–H and O–H groups in total. The van der Waals surface area contributed by atoms with Crippen molar-refractivity contribution in [1.82, 2.24) is 5.32 Å². The first-order valence-corrected chi connectivity index (χ1v) is 8.20. The third-order valence-corrected chi connectivity index (χ3v) is 4.18. The fourth-order valence-electron chi connectivity index (χ4n) is 2.93. The van der Waals surface area contributed by atoms with Crippen LogP contribution in [0.2, 0.25) is 0 Å². The van der Waals surface area contributed by atoms with Crippen molar-refractivity contribution in [2.45, 2.75) is 6.42 Å². The molecule has 25 heavy (non-hydrogen) atoms. The topological polar surface area (TPSA) is 70.7 Å². The molecule has 6 nitrogen and oxygen atoms in total. The van der Waals surface area contributed by atoms with Gasteiger partial charge >= 0.3 is 6.03 Å². The normalized spacial score (nSPS) is 16.6. The van der Waals surface area contributed by atoms with Crippen LogP contribution in [-0.4, -0.2) is 32.1 Å². The lowest BCUT2D eigenvalue weighted by Gasteiger charge is -2.17. The monoisotopic (exact) mass is 339 g/mol. The van der Waals surface area contributed by atoms with Crippen molar-refractivity contribution in [3.63, 3.8) is 0 Å². The van der Waals surface area contributed by atoms with Gasteiger partial charge in [-0.15, -0.1) is 0 Å². The number of carbonyl (C=O) groups excluding carboxylic acids is 2. The van der Waals surface area contributed by atoms with Gasteiger partial charge in [-0.05, 0) is 24.3 Å². The number of urea groups is 1. The largest absolute Gasteiger partial charge is 0.495 e. The molecule has 2 aromatic carbocycles. The van der Waals surface area contributed by atoms with Crippen LogP contribution in [0, 0.1) is 5.92 Å². The number of anilines is 2. The molecule has 1 aliphatic heterocycles. The van der Waals surface area contributed by atoms with Crippen LogP contribution in [0.5, 0.6) is 5.75 Å². The smallest absolute Gasteiger partial charge is 0.319 e. The van der Waals surface area contributed by atoms with Crippen molar-refractivity contribution in [2.24, 2.45) is 5.92 Å². The molecular formula is C19H21N3O3. The van der Waals surface area contributed by atoms with Gasteiger partial charge in [0.05, 0.1) is 12.8 Å². The molecule has 0 saturated carbocycles. The minimum Gasteiger partial charge on any atom is -0.495 e. The van der Waals surface area contributed by atoms with Crippen LogP contribution in [0.15, 0.2) is 54.6 Å². The maximum Gasteiger partial charge on any atom is 0.319 e. The lowest BCUT2D eigenvalue weighted by atomic mass is 10.1. The van der Waals surface area contributed by atoms with E-state index in [0.29, 0.717) is 30.9 Å². The number of hydrogen-bond acceptors (Lipinski definition) is 3. The van der Waals surface area contributed by atoms with Crippen LogP contribution in [0.3, 0.4) is 0 Å². The summed E-state index contributed by atoms with van der Waals surface area (Å²) in [6, 6.07) is 16.5. The van der Waals surface area contributed by atoms with Gasteiger partial charge in [-0.3, -0.25) is 4.79 Å². The Labute approximate surface area is 146 Å². The Hall–Kier alpha value is -3.02. The van der Waals surface area contributed by atoms with E-state index in [4.69, 9.17) is 4.74 Å². The van der Waals surface area contributed by atoms with Crippen molar-refractivity contribution >= 4 is 23.3 Å². The third kappa shape index (κ3) is 4.09. The van der Waals surface area contributed by atoms with Crippen LogP contribution >= 0.6 is 0 Å². The number of para-hydroxylation sites is 3. The van der Waals surface area contributed by atoms with E-state index in [0.717, 1.165) is 5.69 Å². The highest BCUT2D eigenvalue weighted by molar-refractivity contribution is 5.96. The SMILES string of the molecule is COc1ccccc1NC(=O)NC[C@@H]1CC(=O)N(c2ccccc2)C1. The zero-order valence-electron chi connectivity index (χ0n) is 14.1. The number of nitrogens with one attached hydrogen (secondary N) is 2. The number of carbonyl (C=O) groups is 2. The molecule has 0 spiro atoms. The fourth-order valence-corrected chi connectivity index (χ4v) is 2.93. The van der Waals surface area contributed by atoms with Crippen molar-refractivity contribution in [3.8, 4) is 5.75 Å². The quantitative estimate of drug-likeness (QED) is 0.880. The molecule has 1 atom stereocenters. The lowest BCUT2D eigenvalue weighted by molar-refractivity contribution is -0.117. The van der Waals surface area contributed by atoms with Crippen molar-refractivity contribution in [1.29, 1.82) is 0 Å². The Morgan fingerprint density at radius 1 is 1.16 bits per heavy atom. The van der Waals surface area contributed by atoms with Crippen LogP contribution in [0.25, 0.3) is 0 Å². The summed E-state index contributed by atoms with van der Waals surface area (Å²) in [5.74, 6) is 0.781. The minimum absolute atomic E-state index is 0.0862. The first kappa shape index (κ1) is 16.8. The molecule has 0 radical (unpaired) electrons. The molecule has 3 amide bonds. The second kappa shape index (κ2) is 7.70. The number of nitrogens with zero attached hydrogens (tertiary/aromatic N) is 1. The number of hydrogen-bond donors (Lipinski definition) is 2. The van der Waals surface area contributed by atoms with Gasteiger partial charge in [0, 0.05) is 31.1 Å². The second-order valence-corrected chi connectivity index (χ2v) is 5.95. The van der Waals surface area contributed by atoms with E-state index in [1.54, 1.807) is 24.1 Å². The Balaban J connectivity index is 1.52. The van der Waals surface area contributed by atoms with Crippen LogP contribution in [-0.2, 0) is 4.79 Å². The molecule has 0 bridgehead atoms. The van der Waals surface area contributed by atoms with Gasteiger partial charge in [0.1, 0.15) is 5.75 Å². The number of methoxy groups -OCH3 is 1. The van der Waals surface area contributed by atoms with Crippen molar-refractivity contribution in [2.75, 3.05) is 30.4 Å². The average molecular weight is 339 g/mol. The number of ether oxygens (including phenoxy) is 1. The van der Waals surface area contributed by atoms with Gasteiger partial charge in [0.25, 0.3) is 0 Å². The number of benzene rings is 2. The van der Waals surface area contributed by atoms with Crippen LogP contribution in [0.4, 0.5) is 16.2 Å². The molecule has 130 valence electrons. The molecule has 1 aliphatic rings. The van der Waals surface area contributed by atoms with E-state index in [-0.39, 0.29) is 17.9 Å². The van der Waals surface area contributed by atoms with Gasteiger partial charge in [-0.25, -0.2) is 4.79 Å². The molecule has 2 aromatic rings. The summed E-state index contributed by atoms with van der Waals surface area (Å²) in [5.41, 5.74) is 1.50. The first-order valence-electron chi connectivity index (χ1n) is 8.20. The van der Waals surface area contributed by atoms with Crippen LogP contribution in [0.1, 0.15) is 6.42 Å². The molecule has 0 aromatic heterocycles. The van der Waals surface area contributed by atoms with E-state index in [1.165, 1.54) is 0 Å². The predicted molar refractivity (Wildman–Crippen MR) is 96.9 cm³/mol. The molecular weight excluding hydrogens is 318 g/mol. The van der Waals surface area contributed by atoms with Crippen LogP contribution < -0.4 is 20.3 Å². The molecule has 3 rings (SSSR count). The summed E-state index contributed by atoms with van der Waals surface area (Å²) >= 11 is 0. The minimum atomic E-state index is -0.310. The molecule has 1 heterocycles. The van der Waals surface area contributed by atoms with Gasteiger partial charge in [-0.1, -0.05) is 30.3 Å². The van der Waals surface area contributed by atoms with Crippen molar-refractivity contribution < 1.29 is 14.3 Å². The molecule has 1 fully saturated rings. The molecule has 1 saturated heterocycles. The summed E-state index contributed by atoms with van der Waals surface area (Å²) in [6.45, 7) is 1.05.